The van der Waals surface area contributed by atoms with Gasteiger partial charge in [0.25, 0.3) is 0 Å². The van der Waals surface area contributed by atoms with Crippen LogP contribution in [0.15, 0.2) is 42.5 Å². The third-order valence-electron chi connectivity index (χ3n) is 13.1. The summed E-state index contributed by atoms with van der Waals surface area (Å²) in [7, 11) is 1.77. The second-order valence-corrected chi connectivity index (χ2v) is 15.6. The number of carbonyl (C=O) groups excluding carboxylic acids is 1. The average molecular weight is 627 g/mol. The number of carbonyl (C=O) groups is 1. The lowest BCUT2D eigenvalue weighted by Crippen LogP contribution is -2.69. The van der Waals surface area contributed by atoms with E-state index in [-0.39, 0.29) is 23.7 Å². The summed E-state index contributed by atoms with van der Waals surface area (Å²) in [6.07, 6.45) is 16.4. The van der Waals surface area contributed by atoms with Gasteiger partial charge in [-0.25, -0.2) is 0 Å². The molecule has 2 heterocycles. The van der Waals surface area contributed by atoms with Crippen LogP contribution in [0.3, 0.4) is 0 Å². The monoisotopic (exact) mass is 626 g/mol. The third-order valence-corrected chi connectivity index (χ3v) is 13.1. The number of hydrogen-bond acceptors (Lipinski definition) is 5. The van der Waals surface area contributed by atoms with Crippen molar-refractivity contribution in [2.75, 3.05) is 26.7 Å². The molecule has 8 rings (SSSR count). The molecule has 2 aliphatic heterocycles. The SMILES string of the molecule is COc1ccc2c3c1O[C@H]1[C@@H](N(CC4CCCCC4)C(=O)CCCCCc4ccccc4)CC[C@H]4[C@@H](C2)N(CC2CC2O)CC[C@@]341. The first kappa shape index (κ1) is 30.7. The Morgan fingerprint density at radius 2 is 1.87 bits per heavy atom. The van der Waals surface area contributed by atoms with Crippen molar-refractivity contribution in [3.05, 3.63) is 59.2 Å². The summed E-state index contributed by atoms with van der Waals surface area (Å²) >= 11 is 0. The number of amides is 1. The maximum Gasteiger partial charge on any atom is 0.222 e. The molecule has 2 unspecified atom stereocenters. The Hall–Kier alpha value is -2.57. The van der Waals surface area contributed by atoms with E-state index in [2.05, 4.69) is 52.3 Å². The van der Waals surface area contributed by atoms with Crippen LogP contribution in [0.2, 0.25) is 0 Å². The summed E-state index contributed by atoms with van der Waals surface area (Å²) in [6.45, 7) is 2.96. The zero-order chi connectivity index (χ0) is 31.3. The van der Waals surface area contributed by atoms with Gasteiger partial charge in [-0.1, -0.05) is 62.1 Å². The lowest BCUT2D eigenvalue weighted by molar-refractivity contribution is -0.144. The number of methoxy groups -OCH3 is 1. The minimum Gasteiger partial charge on any atom is -0.493 e. The van der Waals surface area contributed by atoms with Gasteiger partial charge in [0.2, 0.25) is 5.91 Å². The van der Waals surface area contributed by atoms with Gasteiger partial charge in [0.1, 0.15) is 6.10 Å². The Bertz CT molecular complexity index is 1390. The lowest BCUT2D eigenvalue weighted by atomic mass is 9.51. The fourth-order valence-electron chi connectivity index (χ4n) is 10.7. The van der Waals surface area contributed by atoms with E-state index in [9.17, 15) is 9.90 Å². The van der Waals surface area contributed by atoms with E-state index < -0.39 is 0 Å². The van der Waals surface area contributed by atoms with Crippen LogP contribution in [-0.2, 0) is 23.1 Å². The van der Waals surface area contributed by atoms with Crippen LogP contribution in [-0.4, -0.2) is 71.8 Å². The molecule has 1 N–H and O–H groups in total. The number of unbranched alkanes of at least 4 members (excludes halogenated alkanes) is 2. The molecular weight excluding hydrogens is 572 g/mol. The van der Waals surface area contributed by atoms with Crippen LogP contribution in [0.1, 0.15) is 100 Å². The number of aliphatic hydroxyl groups is 1. The van der Waals surface area contributed by atoms with Gasteiger partial charge in [0, 0.05) is 42.4 Å². The normalized spacial score (nSPS) is 32.8. The molecule has 7 atom stereocenters. The van der Waals surface area contributed by atoms with Gasteiger partial charge in [0.05, 0.1) is 19.3 Å². The van der Waals surface area contributed by atoms with Crippen molar-refractivity contribution >= 4 is 5.91 Å². The Balaban J connectivity index is 1.06. The molecule has 1 amide bonds. The molecule has 2 aromatic carbocycles. The summed E-state index contributed by atoms with van der Waals surface area (Å²) in [5.41, 5.74) is 4.16. The summed E-state index contributed by atoms with van der Waals surface area (Å²) in [6, 6.07) is 15.7. The van der Waals surface area contributed by atoms with Crippen LogP contribution >= 0.6 is 0 Å². The molecular formula is C40H54N2O4. The van der Waals surface area contributed by atoms with Crippen molar-refractivity contribution < 1.29 is 19.4 Å². The second kappa shape index (κ2) is 12.8. The second-order valence-electron chi connectivity index (χ2n) is 15.6. The van der Waals surface area contributed by atoms with Crippen LogP contribution in [0, 0.1) is 17.8 Å². The number of nitrogens with zero attached hydrogens (tertiary/aromatic N) is 2. The van der Waals surface area contributed by atoms with Crippen molar-refractivity contribution in [3.8, 4) is 11.5 Å². The standard InChI is InChI=1S/C40H54N2O4/c1-45-35-20-17-29-23-33-31-18-19-32(39-40(31,37(29)38(35)46-39)21-22-41(33)26-30-24-34(30)43)42(25-28-14-8-3-9-15-28)36(44)16-10-4-7-13-27-11-5-2-6-12-27/h2,5-6,11-12,17,20,28,30-34,39,43H,3-4,7-10,13-16,18-19,21-26H2,1H3/t30?,31-,32-,33+,34?,39-,40-/m0/s1. The van der Waals surface area contributed by atoms with Gasteiger partial charge in [-0.15, -0.1) is 0 Å². The topological polar surface area (TPSA) is 62.2 Å². The summed E-state index contributed by atoms with van der Waals surface area (Å²) in [5.74, 6) is 3.73. The van der Waals surface area contributed by atoms with Gasteiger partial charge in [-0.2, -0.15) is 0 Å². The molecule has 2 bridgehead atoms. The van der Waals surface area contributed by atoms with Crippen LogP contribution in [0.5, 0.6) is 11.5 Å². The highest BCUT2D eigenvalue weighted by atomic mass is 16.5. The molecule has 2 aromatic rings. The van der Waals surface area contributed by atoms with E-state index in [1.807, 2.05) is 0 Å². The van der Waals surface area contributed by atoms with Gasteiger partial charge in [0.15, 0.2) is 11.5 Å². The molecule has 6 aliphatic rings. The number of likely N-dealkylation sites (tertiary alicyclic amines) is 1. The maximum atomic E-state index is 14.4. The van der Waals surface area contributed by atoms with Crippen molar-refractivity contribution in [1.29, 1.82) is 0 Å². The Labute approximate surface area is 275 Å². The number of aryl methyl sites for hydroxylation is 1. The van der Waals surface area contributed by atoms with Crippen LogP contribution in [0.4, 0.5) is 0 Å². The Morgan fingerprint density at radius 1 is 1.04 bits per heavy atom. The highest BCUT2D eigenvalue weighted by Crippen LogP contribution is 2.64. The molecule has 6 heteroatoms. The lowest BCUT2D eigenvalue weighted by Gasteiger charge is -2.60. The van der Waals surface area contributed by atoms with Crippen molar-refractivity contribution in [2.24, 2.45) is 17.8 Å². The highest BCUT2D eigenvalue weighted by Gasteiger charge is 2.67. The van der Waals surface area contributed by atoms with E-state index in [1.54, 1.807) is 7.11 Å². The van der Waals surface area contributed by atoms with E-state index in [4.69, 9.17) is 9.47 Å². The summed E-state index contributed by atoms with van der Waals surface area (Å²) in [5, 5.41) is 10.2. The van der Waals surface area contributed by atoms with Gasteiger partial charge in [-0.3, -0.25) is 9.69 Å². The molecule has 6 nitrogen and oxygen atoms in total. The molecule has 0 aromatic heterocycles. The van der Waals surface area contributed by atoms with Gasteiger partial charge in [-0.05, 0) is 99.8 Å². The van der Waals surface area contributed by atoms with Gasteiger partial charge >= 0.3 is 0 Å². The van der Waals surface area contributed by atoms with E-state index in [0.717, 1.165) is 88.9 Å². The van der Waals surface area contributed by atoms with Crippen molar-refractivity contribution in [3.63, 3.8) is 0 Å². The summed E-state index contributed by atoms with van der Waals surface area (Å²) < 4.78 is 13.1. The predicted octanol–water partition coefficient (Wildman–Crippen LogP) is 6.70. The minimum absolute atomic E-state index is 0.0154. The zero-order valence-corrected chi connectivity index (χ0v) is 27.9. The van der Waals surface area contributed by atoms with Crippen molar-refractivity contribution in [1.82, 2.24) is 9.80 Å². The molecule has 1 saturated heterocycles. The van der Waals surface area contributed by atoms with Gasteiger partial charge < -0.3 is 19.5 Å². The number of ether oxygens (including phenoxy) is 2. The molecule has 46 heavy (non-hydrogen) atoms. The average Bonchev–Trinajstić information content (AvgIpc) is 3.67. The van der Waals surface area contributed by atoms with E-state index in [1.165, 1.54) is 48.8 Å². The Kier molecular flexibility index (Phi) is 8.55. The largest absolute Gasteiger partial charge is 0.493 e. The number of rotatable bonds is 12. The molecule has 3 saturated carbocycles. The molecule has 4 aliphatic carbocycles. The predicted molar refractivity (Wildman–Crippen MR) is 180 cm³/mol. The van der Waals surface area contributed by atoms with E-state index in [0.29, 0.717) is 36.1 Å². The number of benzene rings is 2. The van der Waals surface area contributed by atoms with Crippen LogP contribution in [0.25, 0.3) is 0 Å². The number of hydrogen-bond donors (Lipinski definition) is 1. The molecule has 1 spiro atoms. The van der Waals surface area contributed by atoms with Crippen molar-refractivity contribution in [2.45, 2.75) is 126 Å². The molecule has 0 radical (unpaired) electrons. The number of aliphatic hydroxyl groups excluding tert-OH is 1. The molecule has 248 valence electrons. The fourth-order valence-corrected chi connectivity index (χ4v) is 10.7. The highest BCUT2D eigenvalue weighted by molar-refractivity contribution is 5.77. The first-order chi connectivity index (χ1) is 22.6. The quantitative estimate of drug-likeness (QED) is 0.266. The zero-order valence-electron chi connectivity index (χ0n) is 27.9. The van der Waals surface area contributed by atoms with E-state index >= 15 is 0 Å². The first-order valence-electron chi connectivity index (χ1n) is 18.7. The number of piperidine rings is 1. The molecule has 4 fully saturated rings. The first-order valence-corrected chi connectivity index (χ1v) is 18.7. The third kappa shape index (κ3) is 5.45. The summed E-state index contributed by atoms with van der Waals surface area (Å²) in [4.78, 5) is 19.5. The van der Waals surface area contributed by atoms with Crippen LogP contribution < -0.4 is 9.47 Å². The minimum atomic E-state index is -0.112. The Morgan fingerprint density at radius 3 is 2.65 bits per heavy atom. The maximum absolute atomic E-state index is 14.4. The smallest absolute Gasteiger partial charge is 0.222 e. The fraction of sp³-hybridized carbons (Fsp3) is 0.675.